The lowest BCUT2D eigenvalue weighted by Crippen LogP contribution is -1.85. The van der Waals surface area contributed by atoms with Crippen LogP contribution in [0.4, 0.5) is 0 Å². The Bertz CT molecular complexity index is 749. The van der Waals surface area contributed by atoms with Crippen molar-refractivity contribution in [3.05, 3.63) is 58.9 Å². The minimum absolute atomic E-state index is 0.103. The fraction of sp³-hybridized carbons (Fsp3) is 0.0625. The van der Waals surface area contributed by atoms with Crippen molar-refractivity contribution in [2.45, 2.75) is 0 Å². The van der Waals surface area contributed by atoms with Crippen molar-refractivity contribution >= 4 is 23.2 Å². The third kappa shape index (κ3) is 2.89. The van der Waals surface area contributed by atoms with Gasteiger partial charge in [0, 0.05) is 16.1 Å². The van der Waals surface area contributed by atoms with Gasteiger partial charge in [0.2, 0.25) is 0 Å². The lowest BCUT2D eigenvalue weighted by molar-refractivity contribution is 0.415. The molecule has 3 aromatic rings. The molecule has 0 atom stereocenters. The number of nitrogens with zero attached hydrogens (tertiary/aromatic N) is 1. The van der Waals surface area contributed by atoms with Gasteiger partial charge >= 0.3 is 0 Å². The number of hydrogen-bond acceptors (Lipinski definition) is 3. The molecule has 21 heavy (non-hydrogen) atoms. The van der Waals surface area contributed by atoms with Gasteiger partial charge in [0.1, 0.15) is 11.4 Å². The molecule has 3 nitrogen and oxygen atoms in total. The van der Waals surface area contributed by atoms with E-state index in [-0.39, 0.29) is 5.35 Å². The molecule has 0 fully saturated rings. The Kier molecular flexibility index (Phi) is 3.86. The average Bonchev–Trinajstić information content (AvgIpc) is 2.90. The summed E-state index contributed by atoms with van der Waals surface area (Å²) >= 11 is 11.8. The van der Waals surface area contributed by atoms with E-state index in [9.17, 15) is 0 Å². The van der Waals surface area contributed by atoms with Gasteiger partial charge in [0.15, 0.2) is 5.76 Å². The van der Waals surface area contributed by atoms with Crippen LogP contribution < -0.4 is 4.74 Å². The van der Waals surface area contributed by atoms with Crippen molar-refractivity contribution < 1.29 is 9.15 Å². The summed E-state index contributed by atoms with van der Waals surface area (Å²) in [6, 6.07) is 14.9. The first kappa shape index (κ1) is 14.0. The third-order valence-electron chi connectivity index (χ3n) is 3.07. The lowest BCUT2D eigenvalue weighted by atomic mass is 10.1. The zero-order valence-corrected chi connectivity index (χ0v) is 12.7. The molecule has 0 saturated heterocycles. The van der Waals surface area contributed by atoms with Gasteiger partial charge in [-0.15, -0.1) is 0 Å². The van der Waals surface area contributed by atoms with Crippen LogP contribution >= 0.6 is 23.2 Å². The van der Waals surface area contributed by atoms with Gasteiger partial charge in [-0.1, -0.05) is 11.6 Å². The Labute approximate surface area is 132 Å². The Morgan fingerprint density at radius 1 is 0.905 bits per heavy atom. The number of rotatable bonds is 3. The van der Waals surface area contributed by atoms with Crippen molar-refractivity contribution in [2.24, 2.45) is 0 Å². The van der Waals surface area contributed by atoms with E-state index in [2.05, 4.69) is 4.98 Å². The monoisotopic (exact) mass is 319 g/mol. The molecule has 2 aromatic carbocycles. The number of aromatic nitrogens is 1. The number of benzene rings is 2. The smallest absolute Gasteiger partial charge is 0.293 e. The fourth-order valence-electron chi connectivity index (χ4n) is 2.04. The first-order valence-corrected chi connectivity index (χ1v) is 6.99. The quantitative estimate of drug-likeness (QED) is 0.655. The molecule has 0 bridgehead atoms. The highest BCUT2D eigenvalue weighted by molar-refractivity contribution is 6.30. The summed E-state index contributed by atoms with van der Waals surface area (Å²) in [6.07, 6.45) is 0. The first-order valence-electron chi connectivity index (χ1n) is 6.24. The van der Waals surface area contributed by atoms with Crippen molar-refractivity contribution in [1.82, 2.24) is 4.98 Å². The van der Waals surface area contributed by atoms with Gasteiger partial charge < -0.3 is 9.15 Å². The first-order chi connectivity index (χ1) is 10.2. The highest BCUT2D eigenvalue weighted by Gasteiger charge is 2.16. The Hall–Kier alpha value is -1.97. The maximum Gasteiger partial charge on any atom is 0.293 e. The number of oxazole rings is 1. The molecule has 0 radical (unpaired) electrons. The molecular formula is C16H11Cl2NO2. The van der Waals surface area contributed by atoms with E-state index < -0.39 is 0 Å². The normalized spacial score (nSPS) is 10.6. The van der Waals surface area contributed by atoms with E-state index in [0.29, 0.717) is 16.5 Å². The van der Waals surface area contributed by atoms with Gasteiger partial charge in [-0.25, -0.2) is 0 Å². The van der Waals surface area contributed by atoms with E-state index in [4.69, 9.17) is 32.4 Å². The zero-order chi connectivity index (χ0) is 14.8. The Balaban J connectivity index is 2.08. The highest BCUT2D eigenvalue weighted by atomic mass is 35.5. The summed E-state index contributed by atoms with van der Waals surface area (Å²) in [6.45, 7) is 0. The van der Waals surface area contributed by atoms with Crippen molar-refractivity contribution in [3.63, 3.8) is 0 Å². The molecule has 0 N–H and O–H groups in total. The second kappa shape index (κ2) is 5.80. The Morgan fingerprint density at radius 2 is 1.52 bits per heavy atom. The number of halogens is 2. The molecule has 0 unspecified atom stereocenters. The van der Waals surface area contributed by atoms with Gasteiger partial charge in [-0.05, 0) is 60.1 Å². The van der Waals surface area contributed by atoms with Crippen LogP contribution in [0.1, 0.15) is 0 Å². The second-order valence-corrected chi connectivity index (χ2v) is 5.14. The summed E-state index contributed by atoms with van der Waals surface area (Å²) in [5.41, 5.74) is 2.45. The van der Waals surface area contributed by atoms with Crippen LogP contribution in [0.25, 0.3) is 22.6 Å². The van der Waals surface area contributed by atoms with E-state index in [1.807, 2.05) is 36.4 Å². The molecule has 0 aliphatic carbocycles. The molecule has 3 rings (SSSR count). The van der Waals surface area contributed by atoms with Crippen molar-refractivity contribution in [1.29, 1.82) is 0 Å². The predicted molar refractivity (Wildman–Crippen MR) is 83.9 cm³/mol. The molecule has 0 spiro atoms. The number of hydrogen-bond donors (Lipinski definition) is 0. The van der Waals surface area contributed by atoms with Crippen LogP contribution in [0, 0.1) is 0 Å². The van der Waals surface area contributed by atoms with E-state index in [0.717, 1.165) is 16.9 Å². The van der Waals surface area contributed by atoms with Crippen LogP contribution in [0.2, 0.25) is 10.4 Å². The summed E-state index contributed by atoms with van der Waals surface area (Å²) < 4.78 is 10.7. The number of methoxy groups -OCH3 is 1. The standard InChI is InChI=1S/C16H11Cl2NO2/c1-20-13-8-4-10(5-9-13)14-15(21-16(18)19-14)11-2-6-12(17)7-3-11/h2-9H,1H3. The van der Waals surface area contributed by atoms with Crippen LogP contribution in [-0.2, 0) is 0 Å². The SMILES string of the molecule is COc1ccc(-c2nc(Cl)oc2-c2ccc(Cl)cc2)cc1. The molecule has 0 saturated carbocycles. The van der Waals surface area contributed by atoms with Gasteiger partial charge in [0.25, 0.3) is 5.35 Å². The third-order valence-corrected chi connectivity index (χ3v) is 3.48. The van der Waals surface area contributed by atoms with Gasteiger partial charge in [-0.2, -0.15) is 4.98 Å². The van der Waals surface area contributed by atoms with E-state index in [1.54, 1.807) is 19.2 Å². The van der Waals surface area contributed by atoms with Crippen LogP contribution in [-0.4, -0.2) is 12.1 Å². The molecule has 0 aliphatic heterocycles. The lowest BCUT2D eigenvalue weighted by Gasteiger charge is -2.03. The highest BCUT2D eigenvalue weighted by Crippen LogP contribution is 2.35. The Morgan fingerprint density at radius 3 is 2.14 bits per heavy atom. The van der Waals surface area contributed by atoms with Crippen LogP contribution in [0.15, 0.2) is 52.9 Å². The molecular weight excluding hydrogens is 309 g/mol. The summed E-state index contributed by atoms with van der Waals surface area (Å²) in [5, 5.41) is 0.765. The van der Waals surface area contributed by atoms with Crippen molar-refractivity contribution in [2.75, 3.05) is 7.11 Å². The fourth-order valence-corrected chi connectivity index (χ4v) is 2.32. The topological polar surface area (TPSA) is 35.3 Å². The van der Waals surface area contributed by atoms with Gasteiger partial charge in [-0.3, -0.25) is 0 Å². The maximum atomic E-state index is 5.93. The van der Waals surface area contributed by atoms with E-state index >= 15 is 0 Å². The predicted octanol–water partition coefficient (Wildman–Crippen LogP) is 5.32. The largest absolute Gasteiger partial charge is 0.497 e. The summed E-state index contributed by atoms with van der Waals surface area (Å²) in [5.74, 6) is 1.39. The zero-order valence-electron chi connectivity index (χ0n) is 11.1. The molecule has 5 heteroatoms. The molecule has 106 valence electrons. The van der Waals surface area contributed by atoms with Crippen LogP contribution in [0.5, 0.6) is 5.75 Å². The number of ether oxygens (including phenoxy) is 1. The molecule has 1 aromatic heterocycles. The molecule has 1 heterocycles. The van der Waals surface area contributed by atoms with Crippen molar-refractivity contribution in [3.8, 4) is 28.3 Å². The van der Waals surface area contributed by atoms with E-state index in [1.165, 1.54) is 0 Å². The summed E-state index contributed by atoms with van der Waals surface area (Å²) in [4.78, 5) is 4.26. The molecule has 0 aliphatic rings. The minimum atomic E-state index is 0.103. The molecule has 0 amide bonds. The van der Waals surface area contributed by atoms with Crippen LogP contribution in [0.3, 0.4) is 0 Å². The maximum absolute atomic E-state index is 5.93. The minimum Gasteiger partial charge on any atom is -0.497 e. The summed E-state index contributed by atoms with van der Waals surface area (Å²) in [7, 11) is 1.63. The second-order valence-electron chi connectivity index (χ2n) is 4.38. The average molecular weight is 320 g/mol. The van der Waals surface area contributed by atoms with Gasteiger partial charge in [0.05, 0.1) is 7.11 Å².